The Morgan fingerprint density at radius 1 is 1.18 bits per heavy atom. The third-order valence-corrected chi connectivity index (χ3v) is 2.60. The Kier molecular flexibility index (Phi) is 3.02. The molecule has 2 rings (SSSR count). The number of nitrogen functional groups attached to an aromatic ring is 1. The van der Waals surface area contributed by atoms with Crippen molar-refractivity contribution in [3.05, 3.63) is 58.6 Å². The minimum absolute atomic E-state index is 0.00424. The van der Waals surface area contributed by atoms with Crippen molar-refractivity contribution in [1.29, 1.82) is 0 Å². The van der Waals surface area contributed by atoms with Gasteiger partial charge in [-0.25, -0.2) is 0 Å². The topological polar surface area (TPSA) is 63.3 Å². The second-order valence-corrected chi connectivity index (χ2v) is 4.05. The van der Waals surface area contributed by atoms with Crippen molar-refractivity contribution in [3.8, 4) is 5.75 Å². The van der Waals surface area contributed by atoms with E-state index in [0.717, 1.165) is 0 Å². The molecule has 0 unspecified atom stereocenters. The summed E-state index contributed by atoms with van der Waals surface area (Å²) in [6, 6.07) is 10.9. The summed E-state index contributed by atoms with van der Waals surface area (Å²) in [5.74, 6) is -0.259. The summed E-state index contributed by atoms with van der Waals surface area (Å²) in [7, 11) is 0. The van der Waals surface area contributed by atoms with Gasteiger partial charge in [-0.1, -0.05) is 23.7 Å². The maximum Gasteiger partial charge on any atom is 0.195 e. The first-order valence-electron chi connectivity index (χ1n) is 4.96. The fourth-order valence-corrected chi connectivity index (χ4v) is 1.72. The lowest BCUT2D eigenvalue weighted by atomic mass is 10.0. The monoisotopic (exact) mass is 247 g/mol. The van der Waals surface area contributed by atoms with Crippen molar-refractivity contribution in [3.63, 3.8) is 0 Å². The lowest BCUT2D eigenvalue weighted by Gasteiger charge is -2.05. The number of benzene rings is 2. The normalized spacial score (nSPS) is 10.2. The van der Waals surface area contributed by atoms with Gasteiger partial charge in [-0.2, -0.15) is 0 Å². The Bertz CT molecular complexity index is 581. The van der Waals surface area contributed by atoms with Gasteiger partial charge in [0.05, 0.1) is 0 Å². The van der Waals surface area contributed by atoms with Gasteiger partial charge in [-0.05, 0) is 30.3 Å². The quantitative estimate of drug-likeness (QED) is 0.487. The van der Waals surface area contributed by atoms with Crippen LogP contribution in [0.5, 0.6) is 5.75 Å². The summed E-state index contributed by atoms with van der Waals surface area (Å²) in [5, 5.41) is 9.84. The first-order valence-corrected chi connectivity index (χ1v) is 5.34. The van der Waals surface area contributed by atoms with E-state index in [9.17, 15) is 9.90 Å². The molecule has 3 nitrogen and oxygen atoms in total. The van der Waals surface area contributed by atoms with E-state index in [4.69, 9.17) is 17.3 Å². The predicted octanol–water partition coefficient (Wildman–Crippen LogP) is 2.86. The van der Waals surface area contributed by atoms with Crippen LogP contribution in [0, 0.1) is 0 Å². The summed E-state index contributed by atoms with van der Waals surface area (Å²) < 4.78 is 0. The van der Waals surface area contributed by atoms with Crippen molar-refractivity contribution in [1.82, 2.24) is 0 Å². The van der Waals surface area contributed by atoms with E-state index >= 15 is 0 Å². The van der Waals surface area contributed by atoms with Crippen molar-refractivity contribution in [2.45, 2.75) is 0 Å². The second kappa shape index (κ2) is 4.47. The Morgan fingerprint density at radius 3 is 2.65 bits per heavy atom. The number of rotatable bonds is 2. The number of carbonyl (C=O) groups excluding carboxylic acids is 1. The van der Waals surface area contributed by atoms with Gasteiger partial charge >= 0.3 is 0 Å². The molecule has 2 aromatic carbocycles. The Balaban J connectivity index is 2.47. The van der Waals surface area contributed by atoms with Crippen molar-refractivity contribution >= 4 is 23.1 Å². The van der Waals surface area contributed by atoms with E-state index in [1.165, 1.54) is 18.2 Å². The summed E-state index contributed by atoms with van der Waals surface area (Å²) in [6.07, 6.45) is 0. The smallest absolute Gasteiger partial charge is 0.195 e. The van der Waals surface area contributed by atoms with E-state index in [2.05, 4.69) is 0 Å². The Hall–Kier alpha value is -2.00. The standard InChI is InChI=1S/C13H10ClNO2/c14-9-3-1-2-8(6-9)13(17)11-7-10(16)4-5-12(11)15/h1-7,16H,15H2. The van der Waals surface area contributed by atoms with Crippen LogP contribution in [0.2, 0.25) is 5.02 Å². The third kappa shape index (κ3) is 2.40. The lowest BCUT2D eigenvalue weighted by molar-refractivity contribution is 0.103. The molecule has 0 radical (unpaired) electrons. The zero-order chi connectivity index (χ0) is 12.4. The van der Waals surface area contributed by atoms with Gasteiger partial charge in [0, 0.05) is 21.8 Å². The summed E-state index contributed by atoms with van der Waals surface area (Å²) in [5.41, 5.74) is 6.74. The number of aromatic hydroxyl groups is 1. The van der Waals surface area contributed by atoms with E-state index in [1.54, 1.807) is 24.3 Å². The van der Waals surface area contributed by atoms with Crippen LogP contribution in [0.25, 0.3) is 0 Å². The number of hydrogen-bond donors (Lipinski definition) is 2. The zero-order valence-corrected chi connectivity index (χ0v) is 9.61. The first-order chi connectivity index (χ1) is 8.08. The minimum Gasteiger partial charge on any atom is -0.508 e. The molecular weight excluding hydrogens is 238 g/mol. The molecule has 0 aliphatic heterocycles. The Morgan fingerprint density at radius 2 is 1.94 bits per heavy atom. The molecule has 3 N–H and O–H groups in total. The molecule has 0 spiro atoms. The van der Waals surface area contributed by atoms with Crippen LogP contribution in [-0.4, -0.2) is 10.9 Å². The fourth-order valence-electron chi connectivity index (χ4n) is 1.53. The average molecular weight is 248 g/mol. The van der Waals surface area contributed by atoms with Crippen molar-refractivity contribution in [2.24, 2.45) is 0 Å². The maximum atomic E-state index is 12.1. The molecule has 0 heterocycles. The summed E-state index contributed by atoms with van der Waals surface area (Å²) >= 11 is 5.81. The van der Waals surface area contributed by atoms with E-state index < -0.39 is 0 Å². The molecule has 0 saturated heterocycles. The van der Waals surface area contributed by atoms with Gasteiger partial charge < -0.3 is 10.8 Å². The van der Waals surface area contributed by atoms with Crippen LogP contribution in [0.4, 0.5) is 5.69 Å². The number of ketones is 1. The molecular formula is C13H10ClNO2. The number of halogens is 1. The van der Waals surface area contributed by atoms with E-state index in [1.807, 2.05) is 0 Å². The van der Waals surface area contributed by atoms with Gasteiger partial charge in [0.25, 0.3) is 0 Å². The number of carbonyl (C=O) groups is 1. The average Bonchev–Trinajstić information content (AvgIpc) is 2.31. The van der Waals surface area contributed by atoms with Gasteiger partial charge in [0.15, 0.2) is 5.78 Å². The molecule has 0 saturated carbocycles. The summed E-state index contributed by atoms with van der Waals surface area (Å²) in [4.78, 5) is 12.1. The predicted molar refractivity (Wildman–Crippen MR) is 67.4 cm³/mol. The number of hydrogen-bond acceptors (Lipinski definition) is 3. The molecule has 2 aromatic rings. The third-order valence-electron chi connectivity index (χ3n) is 2.37. The molecule has 0 aromatic heterocycles. The van der Waals surface area contributed by atoms with Gasteiger partial charge in [0.1, 0.15) is 5.75 Å². The van der Waals surface area contributed by atoms with Crippen molar-refractivity contribution < 1.29 is 9.90 Å². The van der Waals surface area contributed by atoms with Crippen molar-refractivity contribution in [2.75, 3.05) is 5.73 Å². The molecule has 86 valence electrons. The highest BCUT2D eigenvalue weighted by Crippen LogP contribution is 2.22. The molecule has 0 bridgehead atoms. The van der Waals surface area contributed by atoms with Crippen LogP contribution in [0.1, 0.15) is 15.9 Å². The van der Waals surface area contributed by atoms with Crippen LogP contribution >= 0.6 is 11.6 Å². The molecule has 0 fully saturated rings. The highest BCUT2D eigenvalue weighted by Gasteiger charge is 2.13. The summed E-state index contributed by atoms with van der Waals surface area (Å²) in [6.45, 7) is 0. The second-order valence-electron chi connectivity index (χ2n) is 3.61. The van der Waals surface area contributed by atoms with Crippen LogP contribution < -0.4 is 5.73 Å². The molecule has 0 aliphatic rings. The Labute approximate surface area is 103 Å². The molecule has 0 atom stereocenters. The van der Waals surface area contributed by atoms with Gasteiger partial charge in [0.2, 0.25) is 0 Å². The van der Waals surface area contributed by atoms with Gasteiger partial charge in [-0.15, -0.1) is 0 Å². The number of anilines is 1. The van der Waals surface area contributed by atoms with Crippen LogP contribution in [-0.2, 0) is 0 Å². The van der Waals surface area contributed by atoms with Crippen LogP contribution in [0.3, 0.4) is 0 Å². The van der Waals surface area contributed by atoms with Gasteiger partial charge in [-0.3, -0.25) is 4.79 Å². The molecule has 4 heteroatoms. The number of phenols is 1. The molecule has 0 amide bonds. The minimum atomic E-state index is -0.263. The number of nitrogens with two attached hydrogens (primary N) is 1. The maximum absolute atomic E-state index is 12.1. The lowest BCUT2D eigenvalue weighted by Crippen LogP contribution is -2.05. The highest BCUT2D eigenvalue weighted by atomic mass is 35.5. The largest absolute Gasteiger partial charge is 0.508 e. The number of phenolic OH excluding ortho intramolecular Hbond substituents is 1. The zero-order valence-electron chi connectivity index (χ0n) is 8.85. The first kappa shape index (κ1) is 11.5. The molecule has 17 heavy (non-hydrogen) atoms. The van der Waals surface area contributed by atoms with Crippen LogP contribution in [0.15, 0.2) is 42.5 Å². The van der Waals surface area contributed by atoms with E-state index in [0.29, 0.717) is 16.3 Å². The van der Waals surface area contributed by atoms with E-state index in [-0.39, 0.29) is 17.1 Å². The highest BCUT2D eigenvalue weighted by molar-refractivity contribution is 6.31. The fraction of sp³-hybridized carbons (Fsp3) is 0. The molecule has 0 aliphatic carbocycles. The SMILES string of the molecule is Nc1ccc(O)cc1C(=O)c1cccc(Cl)c1.